The molecule has 7 heteroatoms. The molecule has 1 unspecified atom stereocenters. The van der Waals surface area contributed by atoms with Gasteiger partial charge in [-0.15, -0.1) is 0 Å². The van der Waals surface area contributed by atoms with Crippen molar-refractivity contribution in [1.82, 2.24) is 5.32 Å². The van der Waals surface area contributed by atoms with Crippen LogP contribution in [0.3, 0.4) is 0 Å². The zero-order valence-electron chi connectivity index (χ0n) is 20.9. The summed E-state index contributed by atoms with van der Waals surface area (Å²) in [5.74, 6) is -0.215. The maximum atomic E-state index is 14.0. The van der Waals surface area contributed by atoms with E-state index in [4.69, 9.17) is 10.5 Å². The number of nitrogens with one attached hydrogen (secondary N) is 1. The monoisotopic (exact) mass is 516 g/mol. The van der Waals surface area contributed by atoms with Gasteiger partial charge in [0.1, 0.15) is 0 Å². The third-order valence-corrected chi connectivity index (χ3v) is 8.96. The molecule has 3 aromatic carbocycles. The molecule has 3 aromatic rings. The predicted molar refractivity (Wildman–Crippen MR) is 147 cm³/mol. The van der Waals surface area contributed by atoms with Gasteiger partial charge in [-0.05, 0) is 84.4 Å². The molecule has 2 heterocycles. The number of anilines is 1. The molecule has 1 saturated heterocycles. The summed E-state index contributed by atoms with van der Waals surface area (Å²) < 4.78 is 31.8. The lowest BCUT2D eigenvalue weighted by atomic mass is 9.92. The summed E-state index contributed by atoms with van der Waals surface area (Å²) in [5.41, 5.74) is 11.5. The van der Waals surface area contributed by atoms with E-state index in [9.17, 15) is 13.2 Å². The van der Waals surface area contributed by atoms with Gasteiger partial charge in [0.25, 0.3) is 0 Å². The van der Waals surface area contributed by atoms with E-state index in [0.29, 0.717) is 30.0 Å². The third kappa shape index (κ3) is 5.69. The Morgan fingerprint density at radius 3 is 2.35 bits per heavy atom. The smallest absolute Gasteiger partial charge is 0.180 e. The molecule has 1 atom stereocenters. The quantitative estimate of drug-likeness (QED) is 0.453. The molecule has 1 fully saturated rings. The van der Waals surface area contributed by atoms with Crippen LogP contribution in [0.15, 0.2) is 77.2 Å². The average molecular weight is 517 g/mol. The number of hydrogen-bond acceptors (Lipinski definition) is 6. The normalized spacial score (nSPS) is 18.4. The molecule has 192 valence electrons. The van der Waals surface area contributed by atoms with Crippen LogP contribution < -0.4 is 11.1 Å². The number of fused-ring (bicyclic) bond motifs is 1. The highest BCUT2D eigenvalue weighted by molar-refractivity contribution is 7.91. The molecular weight excluding hydrogens is 484 g/mol. The first-order valence-corrected chi connectivity index (χ1v) is 14.3. The molecule has 37 heavy (non-hydrogen) atoms. The Balaban J connectivity index is 1.53. The SMILES string of the molecule is Cc1ccc(-c2ccc3c(c2)C=C(C(=O)C(NC2CCOCC2)c2ccc(N)cc2)CCS3(=O)=O)cc1. The lowest BCUT2D eigenvalue weighted by Crippen LogP contribution is -2.41. The lowest BCUT2D eigenvalue weighted by Gasteiger charge is -2.28. The Labute approximate surface area is 218 Å². The summed E-state index contributed by atoms with van der Waals surface area (Å²) in [6.07, 6.45) is 3.57. The van der Waals surface area contributed by atoms with Crippen LogP contribution in [0.4, 0.5) is 5.69 Å². The Morgan fingerprint density at radius 1 is 0.973 bits per heavy atom. The summed E-state index contributed by atoms with van der Waals surface area (Å²) >= 11 is 0. The molecule has 0 aromatic heterocycles. The van der Waals surface area contributed by atoms with E-state index < -0.39 is 15.9 Å². The second-order valence-electron chi connectivity index (χ2n) is 9.87. The fraction of sp³-hybridized carbons (Fsp3) is 0.300. The Morgan fingerprint density at radius 2 is 1.65 bits per heavy atom. The third-order valence-electron chi connectivity index (χ3n) is 7.17. The number of sulfone groups is 1. The van der Waals surface area contributed by atoms with E-state index in [-0.39, 0.29) is 28.9 Å². The van der Waals surface area contributed by atoms with E-state index in [1.807, 2.05) is 55.5 Å². The average Bonchev–Trinajstić information content (AvgIpc) is 3.04. The molecule has 0 bridgehead atoms. The van der Waals surface area contributed by atoms with Crippen LogP contribution in [-0.2, 0) is 19.4 Å². The second kappa shape index (κ2) is 10.6. The highest BCUT2D eigenvalue weighted by Crippen LogP contribution is 2.33. The van der Waals surface area contributed by atoms with Crippen molar-refractivity contribution < 1.29 is 17.9 Å². The van der Waals surface area contributed by atoms with Gasteiger partial charge >= 0.3 is 0 Å². The van der Waals surface area contributed by atoms with Gasteiger partial charge in [-0.2, -0.15) is 0 Å². The van der Waals surface area contributed by atoms with Crippen LogP contribution in [0.1, 0.15) is 42.0 Å². The number of rotatable bonds is 6. The first-order chi connectivity index (χ1) is 17.8. The number of hydrogen-bond donors (Lipinski definition) is 2. The van der Waals surface area contributed by atoms with Crippen LogP contribution in [0.25, 0.3) is 17.2 Å². The Bertz CT molecular complexity index is 1420. The van der Waals surface area contributed by atoms with Crippen molar-refractivity contribution >= 4 is 27.4 Å². The summed E-state index contributed by atoms with van der Waals surface area (Å²) in [6.45, 7) is 3.33. The number of nitrogens with two attached hydrogens (primary N) is 1. The topological polar surface area (TPSA) is 98.5 Å². The maximum Gasteiger partial charge on any atom is 0.180 e. The first kappa shape index (κ1) is 25.4. The largest absolute Gasteiger partial charge is 0.399 e. The standard InChI is InChI=1S/C30H32N2O4S/c1-20-2-4-21(5-3-20)23-8-11-28-25(18-23)19-24(14-17-37(28,34)35)30(33)29(22-6-9-26(31)10-7-22)32-27-12-15-36-16-13-27/h2-11,18-19,27,29,32H,12-17,31H2,1H3. The summed E-state index contributed by atoms with van der Waals surface area (Å²) in [6, 6.07) is 20.3. The molecule has 5 rings (SSSR count). The van der Waals surface area contributed by atoms with Gasteiger partial charge in [0, 0.05) is 24.9 Å². The minimum atomic E-state index is -3.53. The molecule has 6 nitrogen and oxygen atoms in total. The van der Waals surface area contributed by atoms with Crippen LogP contribution >= 0.6 is 0 Å². The molecule has 3 N–H and O–H groups in total. The number of benzene rings is 3. The molecule has 0 spiro atoms. The highest BCUT2D eigenvalue weighted by Gasteiger charge is 2.31. The van der Waals surface area contributed by atoms with Crippen molar-refractivity contribution in [1.29, 1.82) is 0 Å². The van der Waals surface area contributed by atoms with Gasteiger partial charge in [0.15, 0.2) is 15.6 Å². The molecule has 0 radical (unpaired) electrons. The summed E-state index contributed by atoms with van der Waals surface area (Å²) in [4.78, 5) is 14.3. The maximum absolute atomic E-state index is 14.0. The van der Waals surface area contributed by atoms with Gasteiger partial charge in [0.05, 0.1) is 16.7 Å². The first-order valence-electron chi connectivity index (χ1n) is 12.7. The van der Waals surface area contributed by atoms with Gasteiger partial charge in [-0.1, -0.05) is 48.0 Å². The van der Waals surface area contributed by atoms with Gasteiger partial charge in [-0.3, -0.25) is 4.79 Å². The van der Waals surface area contributed by atoms with Crippen molar-refractivity contribution in [3.63, 3.8) is 0 Å². The van der Waals surface area contributed by atoms with E-state index in [0.717, 1.165) is 35.1 Å². The fourth-order valence-electron chi connectivity index (χ4n) is 4.98. The molecule has 0 saturated carbocycles. The molecule has 0 aliphatic carbocycles. The molecule has 2 aliphatic rings. The number of Topliss-reactive ketones (excluding diaryl/α,β-unsaturated/α-hetero) is 1. The zero-order chi connectivity index (χ0) is 26.0. The van der Waals surface area contributed by atoms with Gasteiger partial charge in [-0.25, -0.2) is 8.42 Å². The number of ether oxygens (including phenoxy) is 1. The Kier molecular flexibility index (Phi) is 7.29. The van der Waals surface area contributed by atoms with Crippen molar-refractivity contribution in [3.8, 4) is 11.1 Å². The Hall–Kier alpha value is -3.26. The molecule has 2 aliphatic heterocycles. The lowest BCUT2D eigenvalue weighted by molar-refractivity contribution is -0.118. The van der Waals surface area contributed by atoms with Crippen molar-refractivity contribution in [2.45, 2.75) is 43.2 Å². The zero-order valence-corrected chi connectivity index (χ0v) is 21.8. The second-order valence-corrected chi connectivity index (χ2v) is 12.0. The molecular formula is C30H32N2O4S. The van der Waals surface area contributed by atoms with E-state index in [2.05, 4.69) is 5.32 Å². The summed E-state index contributed by atoms with van der Waals surface area (Å²) in [7, 11) is -3.53. The van der Waals surface area contributed by atoms with Crippen LogP contribution in [0, 0.1) is 6.92 Å². The summed E-state index contributed by atoms with van der Waals surface area (Å²) in [5, 5.41) is 3.54. The van der Waals surface area contributed by atoms with Crippen LogP contribution in [0.5, 0.6) is 0 Å². The minimum absolute atomic E-state index is 0.104. The van der Waals surface area contributed by atoms with Crippen LogP contribution in [-0.4, -0.2) is 39.2 Å². The van der Waals surface area contributed by atoms with E-state index >= 15 is 0 Å². The van der Waals surface area contributed by atoms with Gasteiger partial charge < -0.3 is 15.8 Å². The van der Waals surface area contributed by atoms with Crippen molar-refractivity contribution in [2.75, 3.05) is 24.7 Å². The van der Waals surface area contributed by atoms with Crippen molar-refractivity contribution in [3.05, 3.63) is 89.0 Å². The van der Waals surface area contributed by atoms with Crippen LogP contribution in [0.2, 0.25) is 0 Å². The highest BCUT2D eigenvalue weighted by atomic mass is 32.2. The van der Waals surface area contributed by atoms with Crippen molar-refractivity contribution in [2.24, 2.45) is 0 Å². The number of carbonyl (C=O) groups is 1. The minimum Gasteiger partial charge on any atom is -0.399 e. The number of nitrogen functional groups attached to an aromatic ring is 1. The van der Waals surface area contributed by atoms with E-state index in [1.165, 1.54) is 0 Å². The number of ketones is 1. The van der Waals surface area contributed by atoms with E-state index in [1.54, 1.807) is 24.3 Å². The predicted octanol–water partition coefficient (Wildman–Crippen LogP) is 4.88. The van der Waals surface area contributed by atoms with Gasteiger partial charge in [0.2, 0.25) is 0 Å². The molecule has 0 amide bonds. The fourth-order valence-corrected chi connectivity index (χ4v) is 6.44. The number of carbonyl (C=O) groups excluding carboxylic acids is 1. The number of aryl methyl sites for hydroxylation is 1.